The molecule has 0 radical (unpaired) electrons. The van der Waals surface area contributed by atoms with Crippen LogP contribution in [-0.4, -0.2) is 7.85 Å². The molecular weight excluding hydrogens is 326 g/mol. The predicted molar refractivity (Wildman–Crippen MR) is 54.0 cm³/mol. The molecular formula is C6H8I2. The molecule has 2 unspecified atom stereocenters. The van der Waals surface area contributed by atoms with Crippen LogP contribution >= 0.6 is 45.2 Å². The Morgan fingerprint density at radius 1 is 1.38 bits per heavy atom. The Balaban J connectivity index is 2.47. The molecule has 1 rings (SSSR count). The SMILES string of the molecule is IC1C=CCCC1I. The van der Waals surface area contributed by atoms with Crippen LogP contribution in [0, 0.1) is 0 Å². The standard InChI is InChI=1S/C6H8I2/c7-5-3-1-2-4-6(5)8/h1,3,5-6H,2,4H2. The summed E-state index contributed by atoms with van der Waals surface area (Å²) in [6.45, 7) is 0. The van der Waals surface area contributed by atoms with Crippen molar-refractivity contribution in [3.05, 3.63) is 12.2 Å². The van der Waals surface area contributed by atoms with Gasteiger partial charge in [0.05, 0.1) is 0 Å². The van der Waals surface area contributed by atoms with Crippen LogP contribution in [0.4, 0.5) is 0 Å². The average molecular weight is 334 g/mol. The summed E-state index contributed by atoms with van der Waals surface area (Å²) < 4.78 is 1.65. The normalized spacial score (nSPS) is 37.8. The number of hydrogen-bond donors (Lipinski definition) is 0. The third kappa shape index (κ3) is 1.86. The van der Waals surface area contributed by atoms with Crippen LogP contribution in [0.15, 0.2) is 12.2 Å². The maximum Gasteiger partial charge on any atom is 0.0407 e. The van der Waals surface area contributed by atoms with Crippen molar-refractivity contribution in [2.24, 2.45) is 0 Å². The van der Waals surface area contributed by atoms with Crippen LogP contribution in [0.1, 0.15) is 12.8 Å². The molecule has 0 saturated heterocycles. The van der Waals surface area contributed by atoms with E-state index in [9.17, 15) is 0 Å². The molecule has 0 aromatic carbocycles. The molecule has 0 fully saturated rings. The summed E-state index contributed by atoms with van der Waals surface area (Å²) in [4.78, 5) is 0. The van der Waals surface area contributed by atoms with Crippen molar-refractivity contribution in [2.45, 2.75) is 20.7 Å². The maximum absolute atomic E-state index is 2.52. The van der Waals surface area contributed by atoms with Crippen molar-refractivity contribution in [2.75, 3.05) is 0 Å². The first-order chi connectivity index (χ1) is 3.80. The van der Waals surface area contributed by atoms with E-state index in [1.165, 1.54) is 12.8 Å². The highest BCUT2D eigenvalue weighted by Crippen LogP contribution is 2.25. The molecule has 0 N–H and O–H groups in total. The van der Waals surface area contributed by atoms with E-state index in [1.807, 2.05) is 0 Å². The molecule has 0 nitrogen and oxygen atoms in total. The van der Waals surface area contributed by atoms with Crippen molar-refractivity contribution in [1.29, 1.82) is 0 Å². The van der Waals surface area contributed by atoms with E-state index in [2.05, 4.69) is 57.3 Å². The number of alkyl halides is 2. The summed E-state index contributed by atoms with van der Waals surface area (Å²) in [5.41, 5.74) is 0. The van der Waals surface area contributed by atoms with E-state index in [4.69, 9.17) is 0 Å². The minimum absolute atomic E-state index is 0.780. The smallest absolute Gasteiger partial charge is 0.0407 e. The largest absolute Gasteiger partial charge is 0.0874 e. The molecule has 0 amide bonds. The highest BCUT2D eigenvalue weighted by atomic mass is 127. The molecule has 0 saturated carbocycles. The molecule has 0 spiro atoms. The average Bonchev–Trinajstić information content (AvgIpc) is 1.77. The van der Waals surface area contributed by atoms with Crippen LogP contribution in [0.5, 0.6) is 0 Å². The van der Waals surface area contributed by atoms with Gasteiger partial charge in [-0.25, -0.2) is 0 Å². The van der Waals surface area contributed by atoms with Crippen LogP contribution in [0.3, 0.4) is 0 Å². The van der Waals surface area contributed by atoms with Crippen LogP contribution < -0.4 is 0 Å². The second-order valence-corrected chi connectivity index (χ2v) is 5.00. The van der Waals surface area contributed by atoms with Gasteiger partial charge in [-0.2, -0.15) is 0 Å². The molecule has 0 bridgehead atoms. The zero-order valence-corrected chi connectivity index (χ0v) is 8.79. The van der Waals surface area contributed by atoms with Gasteiger partial charge in [-0.1, -0.05) is 57.3 Å². The number of halogens is 2. The summed E-state index contributed by atoms with van der Waals surface area (Å²) in [6, 6.07) is 0. The Kier molecular flexibility index (Phi) is 3.10. The first kappa shape index (κ1) is 7.31. The fourth-order valence-electron chi connectivity index (χ4n) is 0.761. The number of rotatable bonds is 0. The van der Waals surface area contributed by atoms with Crippen LogP contribution in [0.25, 0.3) is 0 Å². The van der Waals surface area contributed by atoms with E-state index in [-0.39, 0.29) is 0 Å². The molecule has 1 aliphatic carbocycles. The Morgan fingerprint density at radius 3 is 2.50 bits per heavy atom. The summed E-state index contributed by atoms with van der Waals surface area (Å²) in [6.07, 6.45) is 7.24. The van der Waals surface area contributed by atoms with Crippen molar-refractivity contribution in [3.63, 3.8) is 0 Å². The monoisotopic (exact) mass is 334 g/mol. The van der Waals surface area contributed by atoms with E-state index >= 15 is 0 Å². The lowest BCUT2D eigenvalue weighted by atomic mass is 10.1. The molecule has 2 heteroatoms. The lowest BCUT2D eigenvalue weighted by Gasteiger charge is -2.15. The number of hydrogen-bond acceptors (Lipinski definition) is 0. The van der Waals surface area contributed by atoms with E-state index < -0.39 is 0 Å². The molecule has 46 valence electrons. The van der Waals surface area contributed by atoms with E-state index in [0.29, 0.717) is 0 Å². The Bertz CT molecular complexity index is 98.7. The molecule has 2 atom stereocenters. The van der Waals surface area contributed by atoms with Gasteiger partial charge in [-0.05, 0) is 12.8 Å². The molecule has 0 heterocycles. The van der Waals surface area contributed by atoms with Gasteiger partial charge in [0.15, 0.2) is 0 Å². The summed E-state index contributed by atoms with van der Waals surface area (Å²) in [5, 5.41) is 0. The topological polar surface area (TPSA) is 0 Å². The summed E-state index contributed by atoms with van der Waals surface area (Å²) >= 11 is 5.01. The Labute approximate surface area is 77.4 Å². The van der Waals surface area contributed by atoms with Gasteiger partial charge >= 0.3 is 0 Å². The minimum Gasteiger partial charge on any atom is -0.0874 e. The number of allylic oxidation sites excluding steroid dienone is 2. The lowest BCUT2D eigenvalue weighted by Crippen LogP contribution is -2.13. The third-order valence-corrected chi connectivity index (χ3v) is 5.33. The maximum atomic E-state index is 2.52. The molecule has 0 aromatic heterocycles. The fraction of sp³-hybridized carbons (Fsp3) is 0.667. The Hall–Kier alpha value is 1.20. The zero-order chi connectivity index (χ0) is 5.98. The van der Waals surface area contributed by atoms with Gasteiger partial charge in [0.2, 0.25) is 0 Å². The second-order valence-electron chi connectivity index (χ2n) is 1.97. The highest BCUT2D eigenvalue weighted by molar-refractivity contribution is 14.1. The highest BCUT2D eigenvalue weighted by Gasteiger charge is 2.14. The van der Waals surface area contributed by atoms with Gasteiger partial charge in [-0.3, -0.25) is 0 Å². The second kappa shape index (κ2) is 3.39. The minimum atomic E-state index is 0.780. The predicted octanol–water partition coefficient (Wildman–Crippen LogP) is 2.94. The molecule has 8 heavy (non-hydrogen) atoms. The van der Waals surface area contributed by atoms with Crippen molar-refractivity contribution < 1.29 is 0 Å². The summed E-state index contributed by atoms with van der Waals surface area (Å²) in [7, 11) is 0. The van der Waals surface area contributed by atoms with E-state index in [0.717, 1.165) is 7.85 Å². The molecule has 0 aromatic rings. The molecule has 1 aliphatic rings. The van der Waals surface area contributed by atoms with Crippen LogP contribution in [0.2, 0.25) is 0 Å². The van der Waals surface area contributed by atoms with Gasteiger partial charge in [0, 0.05) is 7.85 Å². The van der Waals surface area contributed by atoms with Crippen molar-refractivity contribution in [1.82, 2.24) is 0 Å². The van der Waals surface area contributed by atoms with E-state index in [1.54, 1.807) is 0 Å². The van der Waals surface area contributed by atoms with Gasteiger partial charge in [-0.15, -0.1) is 0 Å². The zero-order valence-electron chi connectivity index (χ0n) is 4.48. The Morgan fingerprint density at radius 2 is 2.12 bits per heavy atom. The summed E-state index contributed by atoms with van der Waals surface area (Å²) in [5.74, 6) is 0. The first-order valence-electron chi connectivity index (χ1n) is 2.75. The third-order valence-electron chi connectivity index (χ3n) is 1.27. The van der Waals surface area contributed by atoms with Crippen molar-refractivity contribution in [3.8, 4) is 0 Å². The quantitative estimate of drug-likeness (QED) is 0.363. The van der Waals surface area contributed by atoms with Gasteiger partial charge in [0.25, 0.3) is 0 Å². The van der Waals surface area contributed by atoms with Crippen LogP contribution in [-0.2, 0) is 0 Å². The van der Waals surface area contributed by atoms with Gasteiger partial charge < -0.3 is 0 Å². The lowest BCUT2D eigenvalue weighted by molar-refractivity contribution is 0.795. The molecule has 0 aliphatic heterocycles. The fourth-order valence-corrected chi connectivity index (χ4v) is 2.01. The first-order valence-corrected chi connectivity index (χ1v) is 5.24. The van der Waals surface area contributed by atoms with Crippen molar-refractivity contribution >= 4 is 45.2 Å². The van der Waals surface area contributed by atoms with Gasteiger partial charge in [0.1, 0.15) is 0 Å².